The number of ketones is 1. The van der Waals surface area contributed by atoms with Gasteiger partial charge in [0.05, 0.1) is 27.8 Å². The molecule has 0 N–H and O–H groups in total. The minimum atomic E-state index is -0.515. The summed E-state index contributed by atoms with van der Waals surface area (Å²) in [7, 11) is 1.78. The van der Waals surface area contributed by atoms with Gasteiger partial charge in [0, 0.05) is 11.5 Å². The molecule has 0 aliphatic carbocycles. The second-order valence-electron chi connectivity index (χ2n) is 4.38. The number of nitrogens with zero attached hydrogens (tertiary/aromatic N) is 2. The predicted molar refractivity (Wildman–Crippen MR) is 82.4 cm³/mol. The normalized spacial score (nSPS) is 10.8. The van der Waals surface area contributed by atoms with E-state index in [0.717, 1.165) is 22.3 Å². The van der Waals surface area contributed by atoms with Gasteiger partial charge in [-0.25, -0.2) is 4.39 Å². The fraction of sp³-hybridized carbons (Fsp3) is 0.286. The number of hydrogen-bond donors (Lipinski definition) is 0. The zero-order valence-electron chi connectivity index (χ0n) is 11.1. The van der Waals surface area contributed by atoms with Crippen LogP contribution in [0, 0.1) is 5.82 Å². The minimum absolute atomic E-state index is 0.0821. The van der Waals surface area contributed by atoms with E-state index in [1.165, 1.54) is 6.07 Å². The van der Waals surface area contributed by atoms with Crippen molar-refractivity contribution in [1.29, 1.82) is 0 Å². The van der Waals surface area contributed by atoms with Crippen molar-refractivity contribution in [2.24, 2.45) is 7.05 Å². The van der Waals surface area contributed by atoms with Crippen molar-refractivity contribution in [3.63, 3.8) is 0 Å². The van der Waals surface area contributed by atoms with E-state index < -0.39 is 5.82 Å². The molecular formula is C14H13Br2FN2O. The zero-order chi connectivity index (χ0) is 14.9. The highest BCUT2D eigenvalue weighted by Crippen LogP contribution is 2.26. The fourth-order valence-corrected chi connectivity index (χ4v) is 3.34. The lowest BCUT2D eigenvalue weighted by Gasteiger charge is -2.06. The molecule has 1 aromatic carbocycles. The number of carbonyl (C=O) groups excluding carboxylic acids is 1. The number of aryl methyl sites for hydroxylation is 2. The van der Waals surface area contributed by atoms with Crippen molar-refractivity contribution in [2.45, 2.75) is 19.8 Å². The van der Waals surface area contributed by atoms with E-state index in [1.807, 2.05) is 6.92 Å². The number of rotatable bonds is 4. The lowest BCUT2D eigenvalue weighted by Crippen LogP contribution is -2.10. The Bertz CT molecular complexity index is 647. The van der Waals surface area contributed by atoms with Gasteiger partial charge in [-0.3, -0.25) is 9.48 Å². The SMILES string of the molecule is CCc1nn(C)c(CC(=O)c2c(F)cccc2Br)c1Br. The largest absolute Gasteiger partial charge is 0.294 e. The van der Waals surface area contributed by atoms with Gasteiger partial charge in [0.25, 0.3) is 0 Å². The van der Waals surface area contributed by atoms with E-state index in [0.29, 0.717) is 4.47 Å². The van der Waals surface area contributed by atoms with Crippen LogP contribution in [0.25, 0.3) is 0 Å². The van der Waals surface area contributed by atoms with Crippen molar-refractivity contribution < 1.29 is 9.18 Å². The molecule has 3 nitrogen and oxygen atoms in total. The molecule has 0 amide bonds. The topological polar surface area (TPSA) is 34.9 Å². The highest BCUT2D eigenvalue weighted by Gasteiger charge is 2.20. The molecule has 20 heavy (non-hydrogen) atoms. The molecule has 0 unspecified atom stereocenters. The van der Waals surface area contributed by atoms with Crippen molar-refractivity contribution in [3.8, 4) is 0 Å². The number of aromatic nitrogens is 2. The number of halogens is 3. The Morgan fingerprint density at radius 2 is 2.10 bits per heavy atom. The van der Waals surface area contributed by atoms with E-state index in [2.05, 4.69) is 37.0 Å². The maximum atomic E-state index is 13.8. The lowest BCUT2D eigenvalue weighted by molar-refractivity contribution is 0.0986. The second-order valence-corrected chi connectivity index (χ2v) is 6.03. The Kier molecular flexibility index (Phi) is 4.75. The third kappa shape index (κ3) is 2.86. The molecule has 0 saturated carbocycles. The first kappa shape index (κ1) is 15.4. The first-order valence-electron chi connectivity index (χ1n) is 6.13. The van der Waals surface area contributed by atoms with Gasteiger partial charge in [-0.05, 0) is 50.4 Å². The van der Waals surface area contributed by atoms with Gasteiger partial charge in [-0.2, -0.15) is 5.10 Å². The molecule has 0 saturated heterocycles. The lowest BCUT2D eigenvalue weighted by atomic mass is 10.1. The quantitative estimate of drug-likeness (QED) is 0.721. The predicted octanol–water partition coefficient (Wildman–Crippen LogP) is 4.07. The molecule has 6 heteroatoms. The standard InChI is InChI=1S/C14H13Br2FN2O/c1-3-10-14(16)11(19(2)18-10)7-12(20)13-8(15)5-4-6-9(13)17/h4-6H,3,7H2,1-2H3. The molecular weight excluding hydrogens is 391 g/mol. The molecule has 0 spiro atoms. The van der Waals surface area contributed by atoms with Gasteiger partial charge in [0.2, 0.25) is 0 Å². The molecule has 0 radical (unpaired) electrons. The average Bonchev–Trinajstić information content (AvgIpc) is 2.66. The van der Waals surface area contributed by atoms with Crippen LogP contribution in [0.2, 0.25) is 0 Å². The van der Waals surface area contributed by atoms with Gasteiger partial charge in [-0.15, -0.1) is 0 Å². The molecule has 0 aliphatic heterocycles. The van der Waals surface area contributed by atoms with Crippen molar-refractivity contribution in [2.75, 3.05) is 0 Å². The van der Waals surface area contributed by atoms with Gasteiger partial charge in [-0.1, -0.05) is 13.0 Å². The highest BCUT2D eigenvalue weighted by atomic mass is 79.9. The summed E-state index contributed by atoms with van der Waals surface area (Å²) in [6, 6.07) is 4.51. The summed E-state index contributed by atoms with van der Waals surface area (Å²) in [5.74, 6) is -0.792. The van der Waals surface area contributed by atoms with Crippen molar-refractivity contribution in [1.82, 2.24) is 9.78 Å². The van der Waals surface area contributed by atoms with E-state index in [-0.39, 0.29) is 17.8 Å². The van der Waals surface area contributed by atoms with Gasteiger partial charge in [0.15, 0.2) is 5.78 Å². The summed E-state index contributed by atoms with van der Waals surface area (Å²) in [6.45, 7) is 1.99. The fourth-order valence-electron chi connectivity index (χ4n) is 2.02. The Morgan fingerprint density at radius 3 is 2.65 bits per heavy atom. The van der Waals surface area contributed by atoms with Crippen LogP contribution in [-0.4, -0.2) is 15.6 Å². The Morgan fingerprint density at radius 1 is 1.40 bits per heavy atom. The first-order valence-corrected chi connectivity index (χ1v) is 7.71. The molecule has 1 aromatic heterocycles. The molecule has 0 atom stereocenters. The molecule has 2 aromatic rings. The maximum absolute atomic E-state index is 13.8. The Hall–Kier alpha value is -1.01. The number of hydrogen-bond acceptors (Lipinski definition) is 2. The monoisotopic (exact) mass is 402 g/mol. The summed E-state index contributed by atoms with van der Waals surface area (Å²) in [4.78, 5) is 12.3. The van der Waals surface area contributed by atoms with E-state index in [1.54, 1.807) is 23.9 Å². The summed E-state index contributed by atoms with van der Waals surface area (Å²) < 4.78 is 16.7. The molecule has 2 rings (SSSR count). The molecule has 106 valence electrons. The van der Waals surface area contributed by atoms with Crippen LogP contribution >= 0.6 is 31.9 Å². The Labute approximate surface area is 133 Å². The summed E-state index contributed by atoms with van der Waals surface area (Å²) >= 11 is 6.68. The summed E-state index contributed by atoms with van der Waals surface area (Å²) in [6.07, 6.45) is 0.871. The maximum Gasteiger partial charge on any atom is 0.172 e. The van der Waals surface area contributed by atoms with Crippen molar-refractivity contribution >= 4 is 37.6 Å². The summed E-state index contributed by atoms with van der Waals surface area (Å²) in [5, 5.41) is 4.33. The highest BCUT2D eigenvalue weighted by molar-refractivity contribution is 9.10. The van der Waals surface area contributed by atoms with Gasteiger partial charge < -0.3 is 0 Å². The molecule has 0 bridgehead atoms. The molecule has 0 aliphatic rings. The third-order valence-electron chi connectivity index (χ3n) is 3.07. The van der Waals surface area contributed by atoms with Crippen LogP contribution in [0.15, 0.2) is 27.1 Å². The van der Waals surface area contributed by atoms with Crippen LogP contribution in [0.5, 0.6) is 0 Å². The number of benzene rings is 1. The average molecular weight is 404 g/mol. The van der Waals surface area contributed by atoms with Crippen LogP contribution < -0.4 is 0 Å². The third-order valence-corrected chi connectivity index (χ3v) is 4.65. The smallest absolute Gasteiger partial charge is 0.172 e. The van der Waals surface area contributed by atoms with Crippen LogP contribution in [-0.2, 0) is 19.9 Å². The number of carbonyl (C=O) groups is 1. The van der Waals surface area contributed by atoms with Crippen LogP contribution in [0.3, 0.4) is 0 Å². The Balaban J connectivity index is 2.36. The minimum Gasteiger partial charge on any atom is -0.294 e. The van der Waals surface area contributed by atoms with Crippen LogP contribution in [0.1, 0.15) is 28.7 Å². The number of Topliss-reactive ketones (excluding diaryl/α,β-unsaturated/α-hetero) is 1. The van der Waals surface area contributed by atoms with E-state index in [9.17, 15) is 9.18 Å². The van der Waals surface area contributed by atoms with Crippen molar-refractivity contribution in [3.05, 3.63) is 49.9 Å². The van der Waals surface area contributed by atoms with Crippen LogP contribution in [0.4, 0.5) is 4.39 Å². The molecule has 1 heterocycles. The van der Waals surface area contributed by atoms with Gasteiger partial charge >= 0.3 is 0 Å². The summed E-state index contributed by atoms with van der Waals surface area (Å²) in [5.41, 5.74) is 1.73. The van der Waals surface area contributed by atoms with E-state index in [4.69, 9.17) is 0 Å². The van der Waals surface area contributed by atoms with Gasteiger partial charge in [0.1, 0.15) is 5.82 Å². The zero-order valence-corrected chi connectivity index (χ0v) is 14.3. The molecule has 0 fully saturated rings. The first-order chi connectivity index (χ1) is 9.45. The second kappa shape index (κ2) is 6.18. The van der Waals surface area contributed by atoms with E-state index >= 15 is 0 Å².